The van der Waals surface area contributed by atoms with E-state index in [0.717, 1.165) is 25.7 Å². The minimum atomic E-state index is -0.580. The number of nitriles is 1. The molecule has 1 fully saturated rings. The van der Waals surface area contributed by atoms with Gasteiger partial charge in [-0.25, -0.2) is 4.98 Å². The van der Waals surface area contributed by atoms with Crippen molar-refractivity contribution in [2.24, 2.45) is 5.92 Å². The largest absolute Gasteiger partial charge is 0.394 e. The van der Waals surface area contributed by atoms with E-state index in [2.05, 4.69) is 17.2 Å². The van der Waals surface area contributed by atoms with Crippen LogP contribution in [-0.2, 0) is 0 Å². The van der Waals surface area contributed by atoms with Gasteiger partial charge in [-0.3, -0.25) is 10.1 Å². The van der Waals surface area contributed by atoms with Crippen molar-refractivity contribution in [3.8, 4) is 6.07 Å². The fourth-order valence-electron chi connectivity index (χ4n) is 2.96. The molecule has 112 valence electrons. The summed E-state index contributed by atoms with van der Waals surface area (Å²) in [5, 5.41) is 32.8. The van der Waals surface area contributed by atoms with Crippen molar-refractivity contribution in [1.82, 2.24) is 4.98 Å². The first-order chi connectivity index (χ1) is 9.99. The first-order valence-electron chi connectivity index (χ1n) is 6.93. The molecule has 2 rings (SSSR count). The monoisotopic (exact) mass is 290 g/mol. The van der Waals surface area contributed by atoms with Crippen LogP contribution in [0.5, 0.6) is 0 Å². The number of anilines is 1. The van der Waals surface area contributed by atoms with Crippen molar-refractivity contribution >= 4 is 11.5 Å². The van der Waals surface area contributed by atoms with Gasteiger partial charge in [0.2, 0.25) is 5.82 Å². The van der Waals surface area contributed by atoms with Gasteiger partial charge >= 0.3 is 5.69 Å². The van der Waals surface area contributed by atoms with E-state index in [4.69, 9.17) is 5.26 Å². The first kappa shape index (κ1) is 15.2. The van der Waals surface area contributed by atoms with Crippen LogP contribution in [0.25, 0.3) is 0 Å². The van der Waals surface area contributed by atoms with Crippen molar-refractivity contribution in [3.05, 3.63) is 27.9 Å². The second-order valence-corrected chi connectivity index (χ2v) is 5.73. The highest BCUT2D eigenvalue weighted by molar-refractivity contribution is 5.59. The molecule has 0 spiro atoms. The van der Waals surface area contributed by atoms with Crippen LogP contribution in [0.1, 0.15) is 38.2 Å². The molecule has 0 aliphatic heterocycles. The predicted molar refractivity (Wildman–Crippen MR) is 76.7 cm³/mol. The van der Waals surface area contributed by atoms with E-state index in [1.54, 1.807) is 0 Å². The van der Waals surface area contributed by atoms with Gasteiger partial charge in [-0.2, -0.15) is 5.26 Å². The van der Waals surface area contributed by atoms with Crippen LogP contribution in [0.15, 0.2) is 12.3 Å². The summed E-state index contributed by atoms with van der Waals surface area (Å²) in [7, 11) is 0. The second kappa shape index (κ2) is 6.06. The number of hydrogen-bond donors (Lipinski definition) is 2. The number of pyridine rings is 1. The van der Waals surface area contributed by atoms with Gasteiger partial charge in [-0.1, -0.05) is 19.8 Å². The molecular formula is C14H18N4O3. The zero-order valence-electron chi connectivity index (χ0n) is 11.9. The lowest BCUT2D eigenvalue weighted by Crippen LogP contribution is -2.46. The van der Waals surface area contributed by atoms with Crippen molar-refractivity contribution < 1.29 is 10.0 Å². The van der Waals surface area contributed by atoms with Crippen LogP contribution < -0.4 is 5.32 Å². The van der Waals surface area contributed by atoms with E-state index in [1.165, 1.54) is 12.3 Å². The van der Waals surface area contributed by atoms with Crippen LogP contribution in [0.2, 0.25) is 0 Å². The minimum absolute atomic E-state index is 0.101. The van der Waals surface area contributed by atoms with Crippen LogP contribution in [0.4, 0.5) is 11.5 Å². The number of hydrogen-bond acceptors (Lipinski definition) is 6. The summed E-state index contributed by atoms with van der Waals surface area (Å²) in [6.07, 6.45) is 4.83. The predicted octanol–water partition coefficient (Wildman–Crippen LogP) is 2.21. The second-order valence-electron chi connectivity index (χ2n) is 5.73. The molecule has 1 aliphatic rings. The molecule has 2 N–H and O–H groups in total. The number of rotatable bonds is 4. The smallest absolute Gasteiger partial charge is 0.312 e. The van der Waals surface area contributed by atoms with Crippen molar-refractivity contribution in [2.75, 3.05) is 11.9 Å². The summed E-state index contributed by atoms with van der Waals surface area (Å²) in [6, 6.07) is 3.04. The Labute approximate surface area is 122 Å². The van der Waals surface area contributed by atoms with Gasteiger partial charge in [-0.05, 0) is 18.8 Å². The van der Waals surface area contributed by atoms with Crippen LogP contribution in [-0.4, -0.2) is 27.2 Å². The summed E-state index contributed by atoms with van der Waals surface area (Å²) in [5.41, 5.74) is -0.675. The number of nitro groups is 1. The zero-order chi connectivity index (χ0) is 15.5. The molecule has 2 unspecified atom stereocenters. The van der Waals surface area contributed by atoms with E-state index in [9.17, 15) is 15.2 Å². The Morgan fingerprint density at radius 1 is 1.71 bits per heavy atom. The van der Waals surface area contributed by atoms with Gasteiger partial charge in [0.1, 0.15) is 6.07 Å². The number of aliphatic hydroxyl groups excluding tert-OH is 1. The summed E-state index contributed by atoms with van der Waals surface area (Å²) in [4.78, 5) is 14.6. The van der Waals surface area contributed by atoms with Crippen LogP contribution in [0, 0.1) is 27.4 Å². The van der Waals surface area contributed by atoms with E-state index >= 15 is 0 Å². The summed E-state index contributed by atoms with van der Waals surface area (Å²) in [5.74, 6) is 0.554. The maximum atomic E-state index is 11.1. The molecule has 0 saturated heterocycles. The average Bonchev–Trinajstić information content (AvgIpc) is 2.47. The minimum Gasteiger partial charge on any atom is -0.394 e. The molecular weight excluding hydrogens is 272 g/mol. The lowest BCUT2D eigenvalue weighted by Gasteiger charge is -2.39. The van der Waals surface area contributed by atoms with Crippen molar-refractivity contribution in [2.45, 2.75) is 38.1 Å². The molecule has 1 saturated carbocycles. The zero-order valence-corrected chi connectivity index (χ0v) is 11.9. The van der Waals surface area contributed by atoms with Crippen LogP contribution in [0.3, 0.4) is 0 Å². The normalized spacial score (nSPS) is 25.1. The van der Waals surface area contributed by atoms with Crippen LogP contribution >= 0.6 is 0 Å². The fraction of sp³-hybridized carbons (Fsp3) is 0.571. The molecule has 0 radical (unpaired) electrons. The van der Waals surface area contributed by atoms with Crippen molar-refractivity contribution in [3.63, 3.8) is 0 Å². The molecule has 0 amide bonds. The lowest BCUT2D eigenvalue weighted by molar-refractivity contribution is -0.384. The Hall–Kier alpha value is -2.20. The average molecular weight is 290 g/mol. The molecule has 7 nitrogen and oxygen atoms in total. The maximum Gasteiger partial charge on any atom is 0.312 e. The van der Waals surface area contributed by atoms with Gasteiger partial charge in [0, 0.05) is 12.3 Å². The van der Waals surface area contributed by atoms with E-state index < -0.39 is 10.5 Å². The molecule has 1 aromatic rings. The summed E-state index contributed by atoms with van der Waals surface area (Å²) >= 11 is 0. The van der Waals surface area contributed by atoms with E-state index in [1.807, 2.05) is 6.07 Å². The Balaban J connectivity index is 2.33. The third-order valence-corrected chi connectivity index (χ3v) is 3.97. The van der Waals surface area contributed by atoms with Gasteiger partial charge in [0.15, 0.2) is 0 Å². The molecule has 2 atom stereocenters. The molecule has 1 heterocycles. The highest BCUT2D eigenvalue weighted by Gasteiger charge is 2.36. The first-order valence-corrected chi connectivity index (χ1v) is 6.93. The Morgan fingerprint density at radius 3 is 3.05 bits per heavy atom. The van der Waals surface area contributed by atoms with Gasteiger partial charge in [0.05, 0.1) is 22.6 Å². The molecule has 0 aromatic carbocycles. The van der Waals surface area contributed by atoms with E-state index in [-0.39, 0.29) is 23.7 Å². The highest BCUT2D eigenvalue weighted by atomic mass is 16.6. The molecule has 1 aliphatic carbocycles. The Kier molecular flexibility index (Phi) is 4.38. The number of aromatic nitrogens is 1. The van der Waals surface area contributed by atoms with E-state index in [0.29, 0.717) is 5.92 Å². The quantitative estimate of drug-likeness (QED) is 0.649. The third-order valence-electron chi connectivity index (χ3n) is 3.97. The lowest BCUT2D eigenvalue weighted by atomic mass is 9.77. The number of nitrogens with zero attached hydrogens (tertiary/aromatic N) is 3. The molecule has 0 bridgehead atoms. The van der Waals surface area contributed by atoms with Gasteiger partial charge in [0.25, 0.3) is 0 Å². The van der Waals surface area contributed by atoms with Crippen molar-refractivity contribution in [1.29, 1.82) is 5.26 Å². The molecule has 7 heteroatoms. The molecule has 1 aromatic heterocycles. The van der Waals surface area contributed by atoms with Gasteiger partial charge in [-0.15, -0.1) is 0 Å². The van der Waals surface area contributed by atoms with Gasteiger partial charge < -0.3 is 10.4 Å². The SMILES string of the molecule is CC1CCCC(CO)(Nc2ncc(C#N)cc2[N+](=O)[O-])C1. The maximum absolute atomic E-state index is 11.1. The third kappa shape index (κ3) is 3.28. The summed E-state index contributed by atoms with van der Waals surface area (Å²) in [6.45, 7) is 2.00. The summed E-state index contributed by atoms with van der Waals surface area (Å²) < 4.78 is 0. The Bertz CT molecular complexity index is 584. The highest BCUT2D eigenvalue weighted by Crippen LogP contribution is 2.36. The number of aliphatic hydroxyl groups is 1. The number of nitrogens with one attached hydrogen (secondary N) is 1. The topological polar surface area (TPSA) is 112 Å². The Morgan fingerprint density at radius 2 is 2.48 bits per heavy atom. The fourth-order valence-corrected chi connectivity index (χ4v) is 2.96. The molecule has 21 heavy (non-hydrogen) atoms. The standard InChI is InChI=1S/C14H18N4O3/c1-10-3-2-4-14(6-10,9-19)17-13-12(18(20)21)5-11(7-15)8-16-13/h5,8,10,19H,2-4,6,9H2,1H3,(H,16,17).